The van der Waals surface area contributed by atoms with Gasteiger partial charge in [0.1, 0.15) is 0 Å². The molecular formula is C16H23NO. The molecule has 0 aliphatic heterocycles. The molecule has 0 radical (unpaired) electrons. The molecule has 2 aliphatic carbocycles. The molecule has 2 nitrogen and oxygen atoms in total. The Morgan fingerprint density at radius 1 is 1.22 bits per heavy atom. The number of hydrogen-bond acceptors (Lipinski definition) is 2. The Balaban J connectivity index is 1.55. The molecule has 2 heteroatoms. The van der Waals surface area contributed by atoms with Gasteiger partial charge in [0.15, 0.2) is 0 Å². The highest BCUT2D eigenvalue weighted by Crippen LogP contribution is 2.44. The zero-order valence-electron chi connectivity index (χ0n) is 11.1. The third-order valence-corrected chi connectivity index (χ3v) is 4.23. The molecule has 2 saturated carbocycles. The van der Waals surface area contributed by atoms with Gasteiger partial charge in [0.2, 0.25) is 0 Å². The van der Waals surface area contributed by atoms with Gasteiger partial charge in [0.25, 0.3) is 0 Å². The quantitative estimate of drug-likeness (QED) is 0.807. The number of benzene rings is 1. The lowest BCUT2D eigenvalue weighted by molar-refractivity contribution is 0.165. The zero-order chi connectivity index (χ0) is 12.5. The van der Waals surface area contributed by atoms with Crippen LogP contribution in [0.3, 0.4) is 0 Å². The monoisotopic (exact) mass is 245 g/mol. The Hall–Kier alpha value is -0.860. The number of aliphatic hydroxyl groups excluding tert-OH is 1. The smallest absolute Gasteiger partial charge is 0.0914 e. The maximum atomic E-state index is 10.2. The molecule has 0 bridgehead atoms. The summed E-state index contributed by atoms with van der Waals surface area (Å²) in [4.78, 5) is 0. The van der Waals surface area contributed by atoms with E-state index in [1.54, 1.807) is 0 Å². The van der Waals surface area contributed by atoms with Crippen LogP contribution in [0.1, 0.15) is 42.9 Å². The second-order valence-corrected chi connectivity index (χ2v) is 6.04. The molecule has 1 aromatic rings. The van der Waals surface area contributed by atoms with Crippen LogP contribution in [0.5, 0.6) is 0 Å². The zero-order valence-corrected chi connectivity index (χ0v) is 11.1. The van der Waals surface area contributed by atoms with E-state index in [0.29, 0.717) is 12.6 Å². The van der Waals surface area contributed by atoms with Gasteiger partial charge < -0.3 is 10.4 Å². The highest BCUT2D eigenvalue weighted by atomic mass is 16.3. The summed E-state index contributed by atoms with van der Waals surface area (Å²) in [5, 5.41) is 13.8. The van der Waals surface area contributed by atoms with Gasteiger partial charge in [-0.1, -0.05) is 29.8 Å². The molecule has 1 aromatic carbocycles. The number of hydrogen-bond donors (Lipinski definition) is 2. The summed E-state index contributed by atoms with van der Waals surface area (Å²) < 4.78 is 0. The van der Waals surface area contributed by atoms with Crippen LogP contribution in [-0.2, 0) is 0 Å². The largest absolute Gasteiger partial charge is 0.387 e. The van der Waals surface area contributed by atoms with Crippen molar-refractivity contribution < 1.29 is 5.11 Å². The van der Waals surface area contributed by atoms with Crippen molar-refractivity contribution in [2.75, 3.05) is 6.54 Å². The van der Waals surface area contributed by atoms with Crippen LogP contribution >= 0.6 is 0 Å². The minimum Gasteiger partial charge on any atom is -0.387 e. The minimum atomic E-state index is -0.370. The van der Waals surface area contributed by atoms with E-state index in [9.17, 15) is 5.11 Å². The molecule has 0 aromatic heterocycles. The third-order valence-electron chi connectivity index (χ3n) is 4.23. The number of nitrogens with one attached hydrogen (secondary N) is 1. The Labute approximate surface area is 109 Å². The topological polar surface area (TPSA) is 32.3 Å². The predicted octanol–water partition coefficient (Wildman–Crippen LogP) is 2.81. The summed E-state index contributed by atoms with van der Waals surface area (Å²) in [6.45, 7) is 2.77. The van der Waals surface area contributed by atoms with E-state index in [2.05, 4.69) is 24.4 Å². The van der Waals surface area contributed by atoms with Crippen LogP contribution in [0, 0.1) is 18.8 Å². The predicted molar refractivity (Wildman–Crippen MR) is 73.4 cm³/mol. The van der Waals surface area contributed by atoms with Crippen molar-refractivity contribution in [1.29, 1.82) is 0 Å². The second kappa shape index (κ2) is 5.02. The van der Waals surface area contributed by atoms with Crippen molar-refractivity contribution in [2.45, 2.75) is 44.8 Å². The average Bonchev–Trinajstić information content (AvgIpc) is 3.23. The standard InChI is InChI=1S/C16H23NO/c1-11-3-2-4-14(9-11)15(18)10-17-16(12-5-6-12)13-7-8-13/h2-4,9,12-13,15-18H,5-8,10H2,1H3. The van der Waals surface area contributed by atoms with Crippen molar-refractivity contribution in [1.82, 2.24) is 5.32 Å². The third kappa shape index (κ3) is 2.93. The highest BCUT2D eigenvalue weighted by Gasteiger charge is 2.41. The van der Waals surface area contributed by atoms with Gasteiger partial charge in [-0.3, -0.25) is 0 Å². The fourth-order valence-corrected chi connectivity index (χ4v) is 2.87. The highest BCUT2D eigenvalue weighted by molar-refractivity contribution is 5.24. The van der Waals surface area contributed by atoms with Gasteiger partial charge in [0.05, 0.1) is 6.10 Å². The minimum absolute atomic E-state index is 0.370. The van der Waals surface area contributed by atoms with Crippen molar-refractivity contribution in [2.24, 2.45) is 11.8 Å². The molecule has 0 heterocycles. The van der Waals surface area contributed by atoms with E-state index >= 15 is 0 Å². The first-order chi connectivity index (χ1) is 8.74. The Morgan fingerprint density at radius 2 is 1.89 bits per heavy atom. The fraction of sp³-hybridized carbons (Fsp3) is 0.625. The van der Waals surface area contributed by atoms with E-state index in [4.69, 9.17) is 0 Å². The molecule has 0 saturated heterocycles. The van der Waals surface area contributed by atoms with Crippen LogP contribution in [0.2, 0.25) is 0 Å². The van der Waals surface area contributed by atoms with Crippen molar-refractivity contribution >= 4 is 0 Å². The summed E-state index contributed by atoms with van der Waals surface area (Å²) in [6, 6.07) is 8.86. The van der Waals surface area contributed by atoms with Crippen LogP contribution in [0.25, 0.3) is 0 Å². The Morgan fingerprint density at radius 3 is 2.44 bits per heavy atom. The molecule has 1 atom stereocenters. The van der Waals surface area contributed by atoms with Gasteiger partial charge in [-0.2, -0.15) is 0 Å². The van der Waals surface area contributed by atoms with E-state index in [1.165, 1.54) is 31.2 Å². The van der Waals surface area contributed by atoms with Gasteiger partial charge in [-0.15, -0.1) is 0 Å². The maximum Gasteiger partial charge on any atom is 0.0914 e. The Bertz CT molecular complexity index is 397. The fourth-order valence-electron chi connectivity index (χ4n) is 2.87. The molecule has 1 unspecified atom stereocenters. The lowest BCUT2D eigenvalue weighted by Gasteiger charge is -2.20. The van der Waals surface area contributed by atoms with Gasteiger partial charge in [0, 0.05) is 12.6 Å². The van der Waals surface area contributed by atoms with Crippen LogP contribution in [0.4, 0.5) is 0 Å². The van der Waals surface area contributed by atoms with E-state index in [-0.39, 0.29) is 6.10 Å². The van der Waals surface area contributed by atoms with Crippen LogP contribution in [0.15, 0.2) is 24.3 Å². The van der Waals surface area contributed by atoms with Crippen LogP contribution in [-0.4, -0.2) is 17.7 Å². The SMILES string of the molecule is Cc1cccc(C(O)CNC(C2CC2)C2CC2)c1. The molecule has 98 valence electrons. The summed E-state index contributed by atoms with van der Waals surface area (Å²) in [6.07, 6.45) is 5.16. The first-order valence-corrected chi connectivity index (χ1v) is 7.22. The summed E-state index contributed by atoms with van der Waals surface area (Å²) in [5.41, 5.74) is 2.25. The second-order valence-electron chi connectivity index (χ2n) is 6.04. The summed E-state index contributed by atoms with van der Waals surface area (Å²) >= 11 is 0. The normalized spacial score (nSPS) is 21.3. The van der Waals surface area contributed by atoms with Gasteiger partial charge in [-0.25, -0.2) is 0 Å². The van der Waals surface area contributed by atoms with E-state index in [0.717, 1.165) is 17.4 Å². The number of aliphatic hydroxyl groups is 1. The summed E-state index contributed by atoms with van der Waals surface area (Å²) in [5.74, 6) is 1.78. The molecule has 3 rings (SSSR count). The van der Waals surface area contributed by atoms with E-state index in [1.807, 2.05) is 12.1 Å². The van der Waals surface area contributed by atoms with Crippen molar-refractivity contribution in [3.63, 3.8) is 0 Å². The lowest BCUT2D eigenvalue weighted by Crippen LogP contribution is -2.36. The molecule has 2 fully saturated rings. The average molecular weight is 245 g/mol. The molecule has 18 heavy (non-hydrogen) atoms. The summed E-state index contributed by atoms with van der Waals surface area (Å²) in [7, 11) is 0. The molecule has 0 amide bonds. The Kier molecular flexibility index (Phi) is 3.40. The number of rotatable bonds is 6. The van der Waals surface area contributed by atoms with Crippen molar-refractivity contribution in [3.8, 4) is 0 Å². The molecular weight excluding hydrogens is 222 g/mol. The first-order valence-electron chi connectivity index (χ1n) is 7.22. The van der Waals surface area contributed by atoms with Crippen LogP contribution < -0.4 is 5.32 Å². The van der Waals surface area contributed by atoms with Gasteiger partial charge >= 0.3 is 0 Å². The molecule has 2 aliphatic rings. The molecule has 2 N–H and O–H groups in total. The maximum absolute atomic E-state index is 10.2. The molecule has 0 spiro atoms. The number of aryl methyl sites for hydroxylation is 1. The first kappa shape index (κ1) is 12.2. The van der Waals surface area contributed by atoms with Crippen molar-refractivity contribution in [3.05, 3.63) is 35.4 Å². The lowest BCUT2D eigenvalue weighted by atomic mass is 10.0. The van der Waals surface area contributed by atoms with E-state index < -0.39 is 0 Å². The van der Waals surface area contributed by atoms with Gasteiger partial charge in [-0.05, 0) is 50.0 Å².